The van der Waals surface area contributed by atoms with Gasteiger partial charge in [-0.25, -0.2) is 0 Å². The Morgan fingerprint density at radius 1 is 1.67 bits per heavy atom. The van der Waals surface area contributed by atoms with Crippen molar-refractivity contribution in [1.29, 1.82) is 0 Å². The van der Waals surface area contributed by atoms with Crippen LogP contribution in [-0.4, -0.2) is 24.2 Å². The van der Waals surface area contributed by atoms with Crippen molar-refractivity contribution in [3.63, 3.8) is 0 Å². The van der Waals surface area contributed by atoms with Gasteiger partial charge in [0, 0.05) is 19.5 Å². The van der Waals surface area contributed by atoms with E-state index in [9.17, 15) is 4.79 Å². The minimum Gasteiger partial charge on any atom is -0.481 e. The van der Waals surface area contributed by atoms with Gasteiger partial charge in [-0.2, -0.15) is 0 Å². The number of carboxylic acids is 1. The molecule has 56 valence electrons. The average Bonchev–Trinajstić information content (AvgIpc) is 2.48. The Labute approximate surface area is 56.1 Å². The second kappa shape index (κ2) is 7.43. The quantitative estimate of drug-likeness (QED) is 0.518. The predicted molar refractivity (Wildman–Crippen MR) is 37.5 cm³/mol. The van der Waals surface area contributed by atoms with Crippen LogP contribution in [0.3, 0.4) is 0 Å². The Bertz CT molecular complexity index is 68.7. The Hall–Kier alpha value is -0.570. The summed E-state index contributed by atoms with van der Waals surface area (Å²) < 4.78 is 0. The van der Waals surface area contributed by atoms with Gasteiger partial charge in [-0.15, -0.1) is 0 Å². The fourth-order valence-corrected chi connectivity index (χ4v) is 0. The van der Waals surface area contributed by atoms with E-state index in [1.165, 1.54) is 13.1 Å². The van der Waals surface area contributed by atoms with E-state index < -0.39 is 5.97 Å². The van der Waals surface area contributed by atoms with Gasteiger partial charge in [-0.1, -0.05) is 14.4 Å². The third-order valence-corrected chi connectivity index (χ3v) is 0.552. The fraction of sp³-hybridized carbons (Fsp3) is 0.833. The highest BCUT2D eigenvalue weighted by Gasteiger charge is 1.91. The maximum absolute atomic E-state index is 9.37. The molecule has 0 atom stereocenters. The highest BCUT2D eigenvalue weighted by atomic mass is 16.4. The van der Waals surface area contributed by atoms with Gasteiger partial charge in [0.15, 0.2) is 0 Å². The van der Waals surface area contributed by atoms with Crippen molar-refractivity contribution in [1.82, 2.24) is 5.32 Å². The van der Waals surface area contributed by atoms with Gasteiger partial charge in [0.25, 0.3) is 0 Å². The van der Waals surface area contributed by atoms with Gasteiger partial charge in [0.05, 0.1) is 0 Å². The van der Waals surface area contributed by atoms with E-state index in [4.69, 9.17) is 5.11 Å². The van der Waals surface area contributed by atoms with Crippen LogP contribution in [0.25, 0.3) is 0 Å². The van der Waals surface area contributed by atoms with Crippen molar-refractivity contribution in [3.8, 4) is 0 Å². The van der Waals surface area contributed by atoms with Crippen molar-refractivity contribution in [3.05, 3.63) is 0 Å². The predicted octanol–water partition coefficient (Wildman–Crippen LogP) is 0.707. The van der Waals surface area contributed by atoms with Crippen molar-refractivity contribution < 1.29 is 9.90 Å². The summed E-state index contributed by atoms with van der Waals surface area (Å²) in [6, 6.07) is 0. The topological polar surface area (TPSA) is 59.2 Å². The molecule has 0 unspecified atom stereocenters. The van der Waals surface area contributed by atoms with Gasteiger partial charge in [-0.05, 0) is 0 Å². The molecule has 0 aromatic rings. The lowest BCUT2D eigenvalue weighted by Gasteiger charge is -1.71. The standard InChI is InChI=1S/C3H6O2.C2H5N.CH4/c1-2-3(4)5;1-2-3-1;/h2H2,1H3,(H,4,5);3H,1-2H2;1H4. The fourth-order valence-electron chi connectivity index (χ4n) is 0. The van der Waals surface area contributed by atoms with Gasteiger partial charge < -0.3 is 10.4 Å². The Morgan fingerprint density at radius 3 is 1.89 bits per heavy atom. The first-order chi connectivity index (χ1) is 3.77. The molecular formula is C6H15NO2. The normalized spacial score (nSPS) is 12.1. The summed E-state index contributed by atoms with van der Waals surface area (Å²) in [7, 11) is 0. The summed E-state index contributed by atoms with van der Waals surface area (Å²) in [5, 5.41) is 10.7. The molecule has 3 nitrogen and oxygen atoms in total. The molecule has 9 heavy (non-hydrogen) atoms. The molecule has 0 aliphatic carbocycles. The molecule has 1 fully saturated rings. The number of hydrogen-bond donors (Lipinski definition) is 2. The van der Waals surface area contributed by atoms with E-state index in [1.54, 1.807) is 6.92 Å². The zero-order valence-corrected chi connectivity index (χ0v) is 4.98. The third kappa shape index (κ3) is 37.1. The van der Waals surface area contributed by atoms with Crippen molar-refractivity contribution >= 4 is 5.97 Å². The highest BCUT2D eigenvalue weighted by molar-refractivity contribution is 5.66. The average molecular weight is 133 g/mol. The van der Waals surface area contributed by atoms with E-state index in [2.05, 4.69) is 5.32 Å². The molecule has 1 rings (SSSR count). The van der Waals surface area contributed by atoms with Crippen molar-refractivity contribution in [2.24, 2.45) is 0 Å². The van der Waals surface area contributed by atoms with Crippen LogP contribution in [0.5, 0.6) is 0 Å². The lowest BCUT2D eigenvalue weighted by molar-refractivity contribution is -0.136. The first-order valence-electron chi connectivity index (χ1n) is 2.70. The van der Waals surface area contributed by atoms with E-state index in [0.717, 1.165) is 0 Å². The smallest absolute Gasteiger partial charge is 0.303 e. The number of nitrogens with one attached hydrogen (secondary N) is 1. The molecule has 1 aliphatic rings. The van der Waals surface area contributed by atoms with Gasteiger partial charge in [0.2, 0.25) is 0 Å². The number of carboxylic acid groups (broad SMARTS) is 1. The Kier molecular flexibility index (Phi) is 9.29. The van der Waals surface area contributed by atoms with E-state index in [1.807, 2.05) is 0 Å². The van der Waals surface area contributed by atoms with E-state index >= 15 is 0 Å². The van der Waals surface area contributed by atoms with Crippen LogP contribution in [0.15, 0.2) is 0 Å². The van der Waals surface area contributed by atoms with E-state index in [-0.39, 0.29) is 13.8 Å². The molecule has 0 spiro atoms. The molecule has 1 aliphatic heterocycles. The number of aliphatic carboxylic acids is 1. The van der Waals surface area contributed by atoms with Crippen LogP contribution in [0.4, 0.5) is 0 Å². The number of carbonyl (C=O) groups is 1. The highest BCUT2D eigenvalue weighted by Crippen LogP contribution is 1.67. The molecule has 0 aromatic carbocycles. The van der Waals surface area contributed by atoms with Crippen LogP contribution in [0.2, 0.25) is 0 Å². The minimum atomic E-state index is -0.745. The van der Waals surface area contributed by atoms with Crippen molar-refractivity contribution in [2.75, 3.05) is 13.1 Å². The zero-order valence-electron chi connectivity index (χ0n) is 4.98. The van der Waals surface area contributed by atoms with Gasteiger partial charge >= 0.3 is 5.97 Å². The molecule has 0 bridgehead atoms. The largest absolute Gasteiger partial charge is 0.481 e. The third-order valence-electron chi connectivity index (χ3n) is 0.552. The molecule has 0 amide bonds. The minimum absolute atomic E-state index is 0. The van der Waals surface area contributed by atoms with Crippen LogP contribution in [0.1, 0.15) is 20.8 Å². The van der Waals surface area contributed by atoms with Crippen LogP contribution in [-0.2, 0) is 4.79 Å². The summed E-state index contributed by atoms with van der Waals surface area (Å²) in [4.78, 5) is 9.37. The summed E-state index contributed by atoms with van der Waals surface area (Å²) >= 11 is 0. The molecule has 1 heterocycles. The monoisotopic (exact) mass is 133 g/mol. The van der Waals surface area contributed by atoms with Gasteiger partial charge in [0.1, 0.15) is 0 Å². The van der Waals surface area contributed by atoms with E-state index in [0.29, 0.717) is 0 Å². The van der Waals surface area contributed by atoms with Crippen LogP contribution < -0.4 is 5.32 Å². The lowest BCUT2D eigenvalue weighted by atomic mass is 10.5. The summed E-state index contributed by atoms with van der Waals surface area (Å²) in [5.74, 6) is -0.745. The molecule has 0 aromatic heterocycles. The number of hydrogen-bond acceptors (Lipinski definition) is 2. The summed E-state index contributed by atoms with van der Waals surface area (Å²) in [5.41, 5.74) is 0. The van der Waals surface area contributed by atoms with Gasteiger partial charge in [-0.3, -0.25) is 4.79 Å². The number of rotatable bonds is 1. The summed E-state index contributed by atoms with van der Waals surface area (Å²) in [6.07, 6.45) is 0.222. The Balaban J connectivity index is 0. The first kappa shape index (κ1) is 11.3. The molecule has 3 heteroatoms. The molecule has 0 saturated carbocycles. The molecular weight excluding hydrogens is 118 g/mol. The van der Waals surface area contributed by atoms with Crippen LogP contribution in [0, 0.1) is 0 Å². The second-order valence-electron chi connectivity index (χ2n) is 1.50. The first-order valence-corrected chi connectivity index (χ1v) is 2.70. The molecule has 0 radical (unpaired) electrons. The maximum Gasteiger partial charge on any atom is 0.303 e. The SMILES string of the molecule is C.C1CN1.CCC(=O)O. The second-order valence-corrected chi connectivity index (χ2v) is 1.50. The maximum atomic E-state index is 9.37. The summed E-state index contributed by atoms with van der Waals surface area (Å²) in [6.45, 7) is 4.10. The van der Waals surface area contributed by atoms with Crippen LogP contribution >= 0.6 is 0 Å². The lowest BCUT2D eigenvalue weighted by Crippen LogP contribution is -1.86. The molecule has 1 saturated heterocycles. The zero-order chi connectivity index (χ0) is 6.41. The Morgan fingerprint density at radius 2 is 1.89 bits per heavy atom. The van der Waals surface area contributed by atoms with Crippen molar-refractivity contribution in [2.45, 2.75) is 20.8 Å². The molecule has 2 N–H and O–H groups in total.